The quantitative estimate of drug-likeness (QED) is 0.893. The lowest BCUT2D eigenvalue weighted by Gasteiger charge is -2.23. The first-order chi connectivity index (χ1) is 9.74. The van der Waals surface area contributed by atoms with Crippen LogP contribution in [0, 0.1) is 0 Å². The first kappa shape index (κ1) is 12.9. The zero-order chi connectivity index (χ0) is 13.9. The van der Waals surface area contributed by atoms with Crippen molar-refractivity contribution in [2.24, 2.45) is 0 Å². The van der Waals surface area contributed by atoms with E-state index >= 15 is 0 Å². The fraction of sp³-hybridized carbons (Fsp3) is 0.375. The number of aromatic carboxylic acids is 1. The van der Waals surface area contributed by atoms with Gasteiger partial charge in [-0.1, -0.05) is 19.3 Å². The molecular formula is C16H18N2O2. The number of nitrogens with zero attached hydrogens (tertiary/aromatic N) is 1. The number of rotatable bonds is 3. The van der Waals surface area contributed by atoms with Crippen LogP contribution in [0.2, 0.25) is 0 Å². The molecule has 1 aromatic heterocycles. The van der Waals surface area contributed by atoms with Crippen molar-refractivity contribution in [1.82, 2.24) is 4.98 Å². The monoisotopic (exact) mass is 270 g/mol. The van der Waals surface area contributed by atoms with Gasteiger partial charge in [-0.25, -0.2) is 9.78 Å². The predicted octanol–water partition coefficient (Wildman–Crippen LogP) is 3.68. The third-order valence-corrected chi connectivity index (χ3v) is 3.96. The van der Waals surface area contributed by atoms with Crippen LogP contribution in [0.1, 0.15) is 42.5 Å². The average Bonchev–Trinajstić information content (AvgIpc) is 2.48. The highest BCUT2D eigenvalue weighted by Crippen LogP contribution is 2.26. The van der Waals surface area contributed by atoms with E-state index in [1.54, 1.807) is 18.3 Å². The number of nitrogens with one attached hydrogen (secondary N) is 1. The molecule has 20 heavy (non-hydrogen) atoms. The number of pyridine rings is 1. The van der Waals surface area contributed by atoms with Crippen LogP contribution in [-0.4, -0.2) is 22.1 Å². The molecule has 104 valence electrons. The summed E-state index contributed by atoms with van der Waals surface area (Å²) >= 11 is 0. The number of carboxylic acids is 1. The molecule has 1 fully saturated rings. The van der Waals surface area contributed by atoms with Gasteiger partial charge in [0.15, 0.2) is 0 Å². The maximum Gasteiger partial charge on any atom is 0.335 e. The highest BCUT2D eigenvalue weighted by atomic mass is 16.4. The van der Waals surface area contributed by atoms with Crippen LogP contribution in [-0.2, 0) is 0 Å². The molecule has 4 nitrogen and oxygen atoms in total. The molecule has 0 aliphatic heterocycles. The fourth-order valence-corrected chi connectivity index (χ4v) is 2.87. The van der Waals surface area contributed by atoms with E-state index in [1.807, 2.05) is 12.1 Å². The van der Waals surface area contributed by atoms with E-state index in [9.17, 15) is 4.79 Å². The Morgan fingerprint density at radius 2 is 2.00 bits per heavy atom. The molecule has 1 aliphatic rings. The molecule has 0 spiro atoms. The lowest BCUT2D eigenvalue weighted by atomic mass is 9.95. The number of hydrogen-bond donors (Lipinski definition) is 2. The van der Waals surface area contributed by atoms with Crippen molar-refractivity contribution >= 4 is 22.6 Å². The van der Waals surface area contributed by atoms with Crippen LogP contribution in [0.4, 0.5) is 5.82 Å². The molecule has 1 aliphatic carbocycles. The van der Waals surface area contributed by atoms with Crippen LogP contribution < -0.4 is 5.32 Å². The average molecular weight is 270 g/mol. The van der Waals surface area contributed by atoms with Gasteiger partial charge in [-0.05, 0) is 42.5 Å². The van der Waals surface area contributed by atoms with Gasteiger partial charge < -0.3 is 10.4 Å². The van der Waals surface area contributed by atoms with Crippen molar-refractivity contribution in [2.75, 3.05) is 5.32 Å². The second-order valence-electron chi connectivity index (χ2n) is 5.38. The van der Waals surface area contributed by atoms with E-state index in [0.29, 0.717) is 11.6 Å². The van der Waals surface area contributed by atoms with E-state index in [-0.39, 0.29) is 0 Å². The highest BCUT2D eigenvalue weighted by Gasteiger charge is 2.15. The van der Waals surface area contributed by atoms with E-state index in [2.05, 4.69) is 10.3 Å². The molecule has 0 amide bonds. The summed E-state index contributed by atoms with van der Waals surface area (Å²) in [6.45, 7) is 0. The lowest BCUT2D eigenvalue weighted by molar-refractivity contribution is 0.0697. The molecule has 0 atom stereocenters. The summed E-state index contributed by atoms with van der Waals surface area (Å²) in [6.07, 6.45) is 7.97. The van der Waals surface area contributed by atoms with Crippen molar-refractivity contribution in [1.29, 1.82) is 0 Å². The number of benzene rings is 1. The summed E-state index contributed by atoms with van der Waals surface area (Å²) in [5.41, 5.74) is 0.312. The zero-order valence-corrected chi connectivity index (χ0v) is 11.3. The molecule has 4 heteroatoms. The van der Waals surface area contributed by atoms with E-state index in [0.717, 1.165) is 16.6 Å². The van der Waals surface area contributed by atoms with E-state index in [4.69, 9.17) is 5.11 Å². The van der Waals surface area contributed by atoms with Crippen LogP contribution in [0.25, 0.3) is 10.8 Å². The number of fused-ring (bicyclic) bond motifs is 1. The Hall–Kier alpha value is -2.10. The summed E-state index contributed by atoms with van der Waals surface area (Å²) in [6, 6.07) is 7.52. The Morgan fingerprint density at radius 3 is 2.75 bits per heavy atom. The third kappa shape index (κ3) is 2.59. The fourth-order valence-electron chi connectivity index (χ4n) is 2.87. The molecule has 2 N–H and O–H groups in total. The van der Waals surface area contributed by atoms with Gasteiger partial charge in [0, 0.05) is 17.6 Å². The molecule has 3 rings (SSSR count). The molecule has 0 unspecified atom stereocenters. The zero-order valence-electron chi connectivity index (χ0n) is 11.3. The topological polar surface area (TPSA) is 62.2 Å². The molecule has 0 bridgehead atoms. The minimum Gasteiger partial charge on any atom is -0.478 e. The van der Waals surface area contributed by atoms with Gasteiger partial charge in [0.1, 0.15) is 5.82 Å². The molecule has 0 saturated heterocycles. The Morgan fingerprint density at radius 1 is 1.20 bits per heavy atom. The normalized spacial score (nSPS) is 16.2. The van der Waals surface area contributed by atoms with Crippen molar-refractivity contribution < 1.29 is 9.90 Å². The van der Waals surface area contributed by atoms with Crippen LogP contribution in [0.15, 0.2) is 30.5 Å². The Bertz CT molecular complexity index is 633. The molecule has 1 saturated carbocycles. The van der Waals surface area contributed by atoms with Gasteiger partial charge in [-0.2, -0.15) is 0 Å². The third-order valence-electron chi connectivity index (χ3n) is 3.96. The first-order valence-corrected chi connectivity index (χ1v) is 7.12. The molecule has 1 heterocycles. The van der Waals surface area contributed by atoms with Crippen molar-refractivity contribution in [3.63, 3.8) is 0 Å². The van der Waals surface area contributed by atoms with Crippen molar-refractivity contribution in [2.45, 2.75) is 38.1 Å². The summed E-state index contributed by atoms with van der Waals surface area (Å²) in [5, 5.41) is 14.5. The van der Waals surface area contributed by atoms with Crippen molar-refractivity contribution in [3.05, 3.63) is 36.0 Å². The molecule has 2 aromatic rings. The number of carboxylic acid groups (broad SMARTS) is 1. The molecule has 0 radical (unpaired) electrons. The SMILES string of the molecule is O=C(O)c1ccc2c(NC3CCCCC3)nccc2c1. The minimum atomic E-state index is -0.898. The van der Waals surface area contributed by atoms with Crippen LogP contribution in [0.3, 0.4) is 0 Å². The molecule has 1 aromatic carbocycles. The minimum absolute atomic E-state index is 0.312. The smallest absolute Gasteiger partial charge is 0.335 e. The van der Waals surface area contributed by atoms with Gasteiger partial charge in [0.25, 0.3) is 0 Å². The van der Waals surface area contributed by atoms with Crippen molar-refractivity contribution in [3.8, 4) is 0 Å². The maximum absolute atomic E-state index is 11.0. The molecular weight excluding hydrogens is 252 g/mol. The van der Waals surface area contributed by atoms with E-state index in [1.165, 1.54) is 32.1 Å². The standard InChI is InChI=1S/C16H18N2O2/c19-16(20)12-6-7-14-11(10-12)8-9-17-15(14)18-13-4-2-1-3-5-13/h6-10,13H,1-5H2,(H,17,18)(H,19,20). The lowest BCUT2D eigenvalue weighted by Crippen LogP contribution is -2.22. The number of hydrogen-bond acceptors (Lipinski definition) is 3. The van der Waals surface area contributed by atoms with Gasteiger partial charge >= 0.3 is 5.97 Å². The second kappa shape index (κ2) is 5.49. The summed E-state index contributed by atoms with van der Waals surface area (Å²) in [5.74, 6) is -0.0307. The second-order valence-corrected chi connectivity index (χ2v) is 5.38. The largest absolute Gasteiger partial charge is 0.478 e. The summed E-state index contributed by atoms with van der Waals surface area (Å²) < 4.78 is 0. The summed E-state index contributed by atoms with van der Waals surface area (Å²) in [4.78, 5) is 15.4. The predicted molar refractivity (Wildman–Crippen MR) is 79.2 cm³/mol. The number of aromatic nitrogens is 1. The van der Waals surface area contributed by atoms with E-state index < -0.39 is 5.97 Å². The maximum atomic E-state index is 11.0. The Kier molecular flexibility index (Phi) is 3.54. The van der Waals surface area contributed by atoms with Crippen LogP contribution >= 0.6 is 0 Å². The first-order valence-electron chi connectivity index (χ1n) is 7.12. The number of carbonyl (C=O) groups is 1. The summed E-state index contributed by atoms with van der Waals surface area (Å²) in [7, 11) is 0. The Labute approximate surface area is 117 Å². The van der Waals surface area contributed by atoms with Gasteiger partial charge in [-0.3, -0.25) is 0 Å². The van der Waals surface area contributed by atoms with Gasteiger partial charge in [0.2, 0.25) is 0 Å². The van der Waals surface area contributed by atoms with Gasteiger partial charge in [0.05, 0.1) is 5.56 Å². The van der Waals surface area contributed by atoms with Crippen LogP contribution in [0.5, 0.6) is 0 Å². The Balaban J connectivity index is 1.92. The number of anilines is 1. The highest BCUT2D eigenvalue weighted by molar-refractivity contribution is 5.98. The van der Waals surface area contributed by atoms with Gasteiger partial charge in [-0.15, -0.1) is 0 Å².